The minimum absolute atomic E-state index is 0.0220. The second-order valence-electron chi connectivity index (χ2n) is 5.96. The van der Waals surface area contributed by atoms with E-state index in [2.05, 4.69) is 0 Å². The molecule has 1 aromatic carbocycles. The third-order valence-corrected chi connectivity index (χ3v) is 6.49. The van der Waals surface area contributed by atoms with Crippen LogP contribution in [0, 0.1) is 0 Å². The van der Waals surface area contributed by atoms with E-state index in [0.717, 1.165) is 25.7 Å². The molecule has 0 aromatic heterocycles. The number of carbonyl (C=O) groups is 1. The predicted molar refractivity (Wildman–Crippen MR) is 82.3 cm³/mol. The number of hydrogen-bond acceptors (Lipinski definition) is 4. The maximum atomic E-state index is 12.9. The van der Waals surface area contributed by atoms with E-state index >= 15 is 0 Å². The van der Waals surface area contributed by atoms with Crippen LogP contribution in [-0.2, 0) is 14.8 Å². The molecule has 22 heavy (non-hydrogen) atoms. The van der Waals surface area contributed by atoms with E-state index in [-0.39, 0.29) is 22.8 Å². The lowest BCUT2D eigenvalue weighted by Gasteiger charge is -2.42. The van der Waals surface area contributed by atoms with E-state index in [1.807, 2.05) is 0 Å². The molecule has 6 heteroatoms. The summed E-state index contributed by atoms with van der Waals surface area (Å²) in [5, 5.41) is 0. The molecule has 1 aliphatic carbocycles. The average Bonchev–Trinajstić information content (AvgIpc) is 2.54. The van der Waals surface area contributed by atoms with Gasteiger partial charge in [-0.1, -0.05) is 25.0 Å². The van der Waals surface area contributed by atoms with Crippen LogP contribution >= 0.6 is 0 Å². The molecule has 2 fully saturated rings. The molecule has 1 aromatic rings. The molecular formula is C16H21NO4S. The normalized spacial score (nSPS) is 26.4. The summed E-state index contributed by atoms with van der Waals surface area (Å²) in [5.74, 6) is -0.0670. The third-order valence-electron chi connectivity index (χ3n) is 4.55. The van der Waals surface area contributed by atoms with Crippen molar-refractivity contribution < 1.29 is 17.9 Å². The molecule has 0 bridgehead atoms. The molecule has 1 saturated carbocycles. The lowest BCUT2D eigenvalue weighted by atomic mass is 9.91. The molecule has 0 spiro atoms. The summed E-state index contributed by atoms with van der Waals surface area (Å²) < 4.78 is 33.2. The van der Waals surface area contributed by atoms with E-state index in [1.54, 1.807) is 16.4 Å². The molecule has 5 nitrogen and oxygen atoms in total. The van der Waals surface area contributed by atoms with Crippen LogP contribution in [0.15, 0.2) is 29.2 Å². The highest BCUT2D eigenvalue weighted by Gasteiger charge is 2.40. The first kappa shape index (κ1) is 15.6. The number of sulfonamides is 1. The molecule has 0 radical (unpaired) electrons. The zero-order valence-electron chi connectivity index (χ0n) is 12.7. The van der Waals surface area contributed by atoms with Crippen molar-refractivity contribution in [1.29, 1.82) is 0 Å². The predicted octanol–water partition coefficient (Wildman–Crippen LogP) is 2.22. The van der Waals surface area contributed by atoms with Crippen molar-refractivity contribution in [2.75, 3.05) is 13.2 Å². The van der Waals surface area contributed by atoms with Crippen LogP contribution in [-0.4, -0.2) is 43.8 Å². The molecule has 0 unspecified atom stereocenters. The second kappa shape index (κ2) is 6.10. The Balaban J connectivity index is 1.89. The number of fused-ring (bicyclic) bond motifs is 1. The Morgan fingerprint density at radius 2 is 1.86 bits per heavy atom. The average molecular weight is 323 g/mol. The summed E-state index contributed by atoms with van der Waals surface area (Å²) in [5.41, 5.74) is 0.525. The Labute approximate surface area is 131 Å². The van der Waals surface area contributed by atoms with E-state index in [9.17, 15) is 13.2 Å². The molecule has 2 aliphatic rings. The van der Waals surface area contributed by atoms with Crippen LogP contribution in [0.2, 0.25) is 0 Å². The minimum atomic E-state index is -3.53. The molecule has 0 amide bonds. The van der Waals surface area contributed by atoms with Gasteiger partial charge in [0.2, 0.25) is 10.0 Å². The summed E-state index contributed by atoms with van der Waals surface area (Å²) >= 11 is 0. The minimum Gasteiger partial charge on any atom is -0.375 e. The molecule has 3 rings (SSSR count). The molecule has 1 aliphatic heterocycles. The van der Waals surface area contributed by atoms with Gasteiger partial charge in [0.1, 0.15) is 0 Å². The number of benzene rings is 1. The quantitative estimate of drug-likeness (QED) is 0.800. The lowest BCUT2D eigenvalue weighted by Crippen LogP contribution is -2.54. The van der Waals surface area contributed by atoms with E-state index in [4.69, 9.17) is 4.74 Å². The number of ketones is 1. The van der Waals surface area contributed by atoms with Crippen molar-refractivity contribution >= 4 is 15.8 Å². The van der Waals surface area contributed by atoms with Gasteiger partial charge in [0.15, 0.2) is 5.78 Å². The summed E-state index contributed by atoms with van der Waals surface area (Å²) in [6, 6.07) is 6.15. The fourth-order valence-electron chi connectivity index (χ4n) is 3.36. The highest BCUT2D eigenvalue weighted by atomic mass is 32.2. The number of hydrogen-bond donors (Lipinski definition) is 0. The van der Waals surface area contributed by atoms with Crippen LogP contribution < -0.4 is 0 Å². The van der Waals surface area contributed by atoms with Gasteiger partial charge in [-0.15, -0.1) is 0 Å². The van der Waals surface area contributed by atoms with E-state index < -0.39 is 10.0 Å². The highest BCUT2D eigenvalue weighted by Crippen LogP contribution is 2.32. The molecule has 1 saturated heterocycles. The van der Waals surface area contributed by atoms with Gasteiger partial charge in [0.25, 0.3) is 0 Å². The fourth-order valence-corrected chi connectivity index (χ4v) is 5.02. The maximum Gasteiger partial charge on any atom is 0.243 e. The van der Waals surface area contributed by atoms with E-state index in [0.29, 0.717) is 18.7 Å². The first-order valence-corrected chi connectivity index (χ1v) is 9.18. The van der Waals surface area contributed by atoms with Gasteiger partial charge < -0.3 is 4.74 Å². The Morgan fingerprint density at radius 3 is 2.55 bits per heavy atom. The second-order valence-corrected chi connectivity index (χ2v) is 7.85. The Kier molecular flexibility index (Phi) is 4.34. The number of rotatable bonds is 3. The Morgan fingerprint density at radius 1 is 1.18 bits per heavy atom. The van der Waals surface area contributed by atoms with Gasteiger partial charge in [-0.3, -0.25) is 4.79 Å². The van der Waals surface area contributed by atoms with Gasteiger partial charge in [-0.2, -0.15) is 4.31 Å². The van der Waals surface area contributed by atoms with Crippen molar-refractivity contribution in [3.63, 3.8) is 0 Å². The van der Waals surface area contributed by atoms with Gasteiger partial charge in [-0.05, 0) is 31.9 Å². The van der Waals surface area contributed by atoms with Crippen LogP contribution in [0.5, 0.6) is 0 Å². The van der Waals surface area contributed by atoms with Crippen molar-refractivity contribution in [1.82, 2.24) is 4.31 Å². The summed E-state index contributed by atoms with van der Waals surface area (Å²) in [4.78, 5) is 11.6. The monoisotopic (exact) mass is 323 g/mol. The molecule has 2 atom stereocenters. The summed E-state index contributed by atoms with van der Waals surface area (Å²) in [6.07, 6.45) is 3.95. The van der Waals surface area contributed by atoms with Crippen molar-refractivity contribution in [2.45, 2.75) is 49.6 Å². The number of nitrogens with zero attached hydrogens (tertiary/aromatic N) is 1. The first-order chi connectivity index (χ1) is 10.5. The van der Waals surface area contributed by atoms with Crippen LogP contribution in [0.4, 0.5) is 0 Å². The number of Topliss-reactive ketones (excluding diaryl/α,β-unsaturated/α-hetero) is 1. The SMILES string of the molecule is CC(=O)c1ccc(S(=O)(=O)N2CCO[C@@H]3CCCC[C@@H]32)cc1. The van der Waals surface area contributed by atoms with Gasteiger partial charge in [0, 0.05) is 12.1 Å². The van der Waals surface area contributed by atoms with Gasteiger partial charge >= 0.3 is 0 Å². The fraction of sp³-hybridized carbons (Fsp3) is 0.562. The largest absolute Gasteiger partial charge is 0.375 e. The van der Waals surface area contributed by atoms with Gasteiger partial charge in [-0.25, -0.2) is 8.42 Å². The third kappa shape index (κ3) is 2.83. The number of carbonyl (C=O) groups excluding carboxylic acids is 1. The summed E-state index contributed by atoms with van der Waals surface area (Å²) in [6.45, 7) is 2.32. The first-order valence-electron chi connectivity index (χ1n) is 7.74. The highest BCUT2D eigenvalue weighted by molar-refractivity contribution is 7.89. The Bertz CT molecular complexity index is 651. The molecule has 0 N–H and O–H groups in total. The van der Waals surface area contributed by atoms with Crippen LogP contribution in [0.3, 0.4) is 0 Å². The zero-order chi connectivity index (χ0) is 15.7. The number of ether oxygens (including phenoxy) is 1. The zero-order valence-corrected chi connectivity index (χ0v) is 13.5. The van der Waals surface area contributed by atoms with Crippen LogP contribution in [0.25, 0.3) is 0 Å². The molecular weight excluding hydrogens is 302 g/mol. The van der Waals surface area contributed by atoms with Crippen molar-refractivity contribution in [3.8, 4) is 0 Å². The molecule has 120 valence electrons. The standard InChI is InChI=1S/C16H21NO4S/c1-12(18)13-6-8-14(9-7-13)22(19,20)17-10-11-21-16-5-3-2-4-15(16)17/h6-9,15-16H,2-5,10-11H2,1H3/t15-,16+/m0/s1. The molecule has 1 heterocycles. The van der Waals surface area contributed by atoms with Crippen molar-refractivity contribution in [3.05, 3.63) is 29.8 Å². The van der Waals surface area contributed by atoms with E-state index in [1.165, 1.54) is 19.1 Å². The lowest BCUT2D eigenvalue weighted by molar-refractivity contribution is -0.0586. The number of morpholine rings is 1. The smallest absolute Gasteiger partial charge is 0.243 e. The van der Waals surface area contributed by atoms with Gasteiger partial charge in [0.05, 0.1) is 23.6 Å². The van der Waals surface area contributed by atoms with Crippen LogP contribution in [0.1, 0.15) is 43.0 Å². The maximum absolute atomic E-state index is 12.9. The Hall–Kier alpha value is -1.24. The summed E-state index contributed by atoms with van der Waals surface area (Å²) in [7, 11) is -3.53. The topological polar surface area (TPSA) is 63.7 Å². The van der Waals surface area contributed by atoms with Crippen molar-refractivity contribution in [2.24, 2.45) is 0 Å².